The van der Waals surface area contributed by atoms with Crippen molar-refractivity contribution in [3.05, 3.63) is 57.0 Å². The van der Waals surface area contributed by atoms with Gasteiger partial charge in [0, 0.05) is 11.3 Å². The van der Waals surface area contributed by atoms with E-state index < -0.39 is 5.56 Å². The third kappa shape index (κ3) is 2.69. The van der Waals surface area contributed by atoms with Crippen molar-refractivity contribution in [1.82, 2.24) is 4.68 Å². The van der Waals surface area contributed by atoms with Gasteiger partial charge in [-0.05, 0) is 37.6 Å². The van der Waals surface area contributed by atoms with Crippen molar-refractivity contribution in [2.75, 3.05) is 7.11 Å². The number of aromatic hydroxyl groups is 1. The van der Waals surface area contributed by atoms with Crippen molar-refractivity contribution < 1.29 is 9.84 Å². The van der Waals surface area contributed by atoms with E-state index in [1.165, 1.54) is 13.3 Å². The molecule has 0 fully saturated rings. The summed E-state index contributed by atoms with van der Waals surface area (Å²) < 4.78 is 6.14. The molecule has 0 spiro atoms. The second-order valence-electron chi connectivity index (χ2n) is 4.72. The van der Waals surface area contributed by atoms with Gasteiger partial charge in [0.05, 0.1) is 13.3 Å². The number of aromatic nitrogens is 1. The zero-order valence-electron chi connectivity index (χ0n) is 12.5. The van der Waals surface area contributed by atoms with E-state index in [0.29, 0.717) is 22.6 Å². The molecular formula is C16H15N3O3. The molecule has 0 aliphatic carbocycles. The van der Waals surface area contributed by atoms with Crippen molar-refractivity contribution in [2.45, 2.75) is 13.8 Å². The van der Waals surface area contributed by atoms with Crippen LogP contribution >= 0.6 is 0 Å². The number of aryl methyl sites for hydroxylation is 2. The fraction of sp³-hybridized carbons (Fsp3) is 0.188. The monoisotopic (exact) mass is 297 g/mol. The Morgan fingerprint density at radius 1 is 1.41 bits per heavy atom. The number of rotatable bonds is 3. The largest absolute Gasteiger partial charge is 0.504 e. The quantitative estimate of drug-likeness (QED) is 0.877. The Morgan fingerprint density at radius 2 is 2.14 bits per heavy atom. The minimum Gasteiger partial charge on any atom is -0.504 e. The van der Waals surface area contributed by atoms with Gasteiger partial charge >= 0.3 is 0 Å². The van der Waals surface area contributed by atoms with E-state index in [1.807, 2.05) is 6.07 Å². The number of phenolic OH excluding ortho intramolecular Hbond substituents is 1. The lowest BCUT2D eigenvalue weighted by atomic mass is 10.1. The Balaban J connectivity index is 2.53. The number of phenols is 1. The highest BCUT2D eigenvalue weighted by Crippen LogP contribution is 2.28. The summed E-state index contributed by atoms with van der Waals surface area (Å²) in [6, 6.07) is 8.55. The molecule has 0 bridgehead atoms. The lowest BCUT2D eigenvalue weighted by Crippen LogP contribution is -2.22. The summed E-state index contributed by atoms with van der Waals surface area (Å²) >= 11 is 0. The number of pyridine rings is 1. The summed E-state index contributed by atoms with van der Waals surface area (Å²) in [5.74, 6) is 0.252. The lowest BCUT2D eigenvalue weighted by molar-refractivity contribution is 0.373. The topological polar surface area (TPSA) is 87.6 Å². The Kier molecular flexibility index (Phi) is 4.28. The predicted octanol–water partition coefficient (Wildman–Crippen LogP) is 1.93. The Labute approximate surface area is 127 Å². The summed E-state index contributed by atoms with van der Waals surface area (Å²) in [4.78, 5) is 12.2. The molecule has 0 aliphatic rings. The first-order valence-corrected chi connectivity index (χ1v) is 6.53. The molecule has 6 heteroatoms. The minimum absolute atomic E-state index is 0.0533. The number of hydrogen-bond acceptors (Lipinski definition) is 5. The van der Waals surface area contributed by atoms with Crippen molar-refractivity contribution in [3.63, 3.8) is 0 Å². The normalized spacial score (nSPS) is 10.6. The van der Waals surface area contributed by atoms with Gasteiger partial charge < -0.3 is 9.84 Å². The average molecular weight is 297 g/mol. The molecule has 0 unspecified atom stereocenters. The van der Waals surface area contributed by atoms with Crippen LogP contribution in [0, 0.1) is 25.2 Å². The third-order valence-electron chi connectivity index (χ3n) is 3.23. The predicted molar refractivity (Wildman–Crippen MR) is 82.5 cm³/mol. The van der Waals surface area contributed by atoms with E-state index in [9.17, 15) is 9.90 Å². The van der Waals surface area contributed by atoms with E-state index in [1.54, 1.807) is 38.1 Å². The third-order valence-corrected chi connectivity index (χ3v) is 3.23. The number of ether oxygens (including phenoxy) is 1. The van der Waals surface area contributed by atoms with Crippen LogP contribution in [0.3, 0.4) is 0 Å². The molecule has 2 rings (SSSR count). The van der Waals surface area contributed by atoms with Gasteiger partial charge in [-0.2, -0.15) is 10.4 Å². The second kappa shape index (κ2) is 6.14. The van der Waals surface area contributed by atoms with Crippen LogP contribution in [0.5, 0.6) is 11.5 Å². The first-order chi connectivity index (χ1) is 10.5. The van der Waals surface area contributed by atoms with Crippen LogP contribution in [0.2, 0.25) is 0 Å². The Morgan fingerprint density at radius 3 is 2.77 bits per heavy atom. The van der Waals surface area contributed by atoms with E-state index in [4.69, 9.17) is 10.00 Å². The fourth-order valence-corrected chi connectivity index (χ4v) is 2.09. The maximum Gasteiger partial charge on any atom is 0.289 e. The van der Waals surface area contributed by atoms with Crippen molar-refractivity contribution in [1.29, 1.82) is 5.26 Å². The average Bonchev–Trinajstić information content (AvgIpc) is 2.48. The molecule has 1 aromatic heterocycles. The van der Waals surface area contributed by atoms with Gasteiger partial charge in [0.15, 0.2) is 11.5 Å². The molecule has 2 aromatic rings. The smallest absolute Gasteiger partial charge is 0.289 e. The van der Waals surface area contributed by atoms with Gasteiger partial charge in [-0.15, -0.1) is 0 Å². The highest BCUT2D eigenvalue weighted by Gasteiger charge is 2.10. The first-order valence-electron chi connectivity index (χ1n) is 6.53. The Bertz CT molecular complexity index is 845. The van der Waals surface area contributed by atoms with Gasteiger partial charge in [-0.25, -0.2) is 4.68 Å². The van der Waals surface area contributed by atoms with Crippen molar-refractivity contribution in [3.8, 4) is 17.6 Å². The molecular weight excluding hydrogens is 282 g/mol. The molecule has 1 N–H and O–H groups in total. The SMILES string of the molecule is COc1cccc(/C=N/n2c(C)cc(C)c(C#N)c2=O)c1O. The number of para-hydroxylation sites is 1. The van der Waals surface area contributed by atoms with Crippen LogP contribution in [0.15, 0.2) is 34.2 Å². The molecule has 1 heterocycles. The molecule has 22 heavy (non-hydrogen) atoms. The van der Waals surface area contributed by atoms with Gasteiger partial charge in [-0.1, -0.05) is 6.07 Å². The van der Waals surface area contributed by atoms with Gasteiger partial charge in [0.1, 0.15) is 11.6 Å². The molecule has 112 valence electrons. The second-order valence-corrected chi connectivity index (χ2v) is 4.72. The highest BCUT2D eigenvalue weighted by molar-refractivity contribution is 5.84. The number of nitriles is 1. The van der Waals surface area contributed by atoms with E-state index in [2.05, 4.69) is 5.10 Å². The minimum atomic E-state index is -0.487. The molecule has 0 saturated carbocycles. The van der Waals surface area contributed by atoms with E-state index in [-0.39, 0.29) is 11.3 Å². The molecule has 6 nitrogen and oxygen atoms in total. The maximum atomic E-state index is 12.2. The van der Waals surface area contributed by atoms with Crippen LogP contribution < -0.4 is 10.3 Å². The molecule has 1 aromatic carbocycles. The van der Waals surface area contributed by atoms with Crippen LogP contribution in [0.1, 0.15) is 22.4 Å². The highest BCUT2D eigenvalue weighted by atomic mass is 16.5. The zero-order chi connectivity index (χ0) is 16.3. The standard InChI is InChI=1S/C16H15N3O3/c1-10-7-11(2)19(16(21)13(10)8-17)18-9-12-5-4-6-14(22-3)15(12)20/h4-7,9,20H,1-3H3/b18-9+. The molecule has 0 radical (unpaired) electrons. The maximum absolute atomic E-state index is 12.2. The van der Waals surface area contributed by atoms with Crippen LogP contribution in [0.25, 0.3) is 0 Å². The van der Waals surface area contributed by atoms with Crippen LogP contribution in [0.4, 0.5) is 0 Å². The number of methoxy groups -OCH3 is 1. The lowest BCUT2D eigenvalue weighted by Gasteiger charge is -2.07. The Hall–Kier alpha value is -3.07. The van der Waals surface area contributed by atoms with Crippen LogP contribution in [-0.2, 0) is 0 Å². The number of hydrogen-bond donors (Lipinski definition) is 1. The van der Waals surface area contributed by atoms with E-state index in [0.717, 1.165) is 4.68 Å². The van der Waals surface area contributed by atoms with Gasteiger partial charge in [0.25, 0.3) is 5.56 Å². The summed E-state index contributed by atoms with van der Waals surface area (Å²) in [6.45, 7) is 3.42. The summed E-state index contributed by atoms with van der Waals surface area (Å²) in [6.07, 6.45) is 1.35. The number of nitrogens with zero attached hydrogens (tertiary/aromatic N) is 3. The summed E-state index contributed by atoms with van der Waals surface area (Å²) in [5.41, 5.74) is 1.18. The molecule has 0 amide bonds. The molecule has 0 atom stereocenters. The number of benzene rings is 1. The van der Waals surface area contributed by atoms with Crippen molar-refractivity contribution in [2.24, 2.45) is 5.10 Å². The summed E-state index contributed by atoms with van der Waals surface area (Å²) in [5, 5.41) is 23.1. The fourth-order valence-electron chi connectivity index (χ4n) is 2.09. The molecule has 0 saturated heterocycles. The summed E-state index contributed by atoms with van der Waals surface area (Å²) in [7, 11) is 1.45. The van der Waals surface area contributed by atoms with Crippen molar-refractivity contribution >= 4 is 6.21 Å². The van der Waals surface area contributed by atoms with E-state index >= 15 is 0 Å². The zero-order valence-corrected chi connectivity index (χ0v) is 12.5. The van der Waals surface area contributed by atoms with Crippen LogP contribution in [-0.4, -0.2) is 23.1 Å². The van der Waals surface area contributed by atoms with Gasteiger partial charge in [0.2, 0.25) is 0 Å². The van der Waals surface area contributed by atoms with Gasteiger partial charge in [-0.3, -0.25) is 4.79 Å². The molecule has 0 aliphatic heterocycles. The first kappa shape index (κ1) is 15.3.